The third-order valence-corrected chi connectivity index (χ3v) is 3.07. The second-order valence-electron chi connectivity index (χ2n) is 4.18. The summed E-state index contributed by atoms with van der Waals surface area (Å²) < 4.78 is 0. The molecular weight excluding hydrogens is 262 g/mol. The van der Waals surface area contributed by atoms with Crippen molar-refractivity contribution in [3.63, 3.8) is 0 Å². The standard InChI is InChI=1S/C15H14ClNO2/c16-9-11-1-3-12(4-2-11)10-17-15(19)13-5-7-14(18)8-6-13/h1-8,18H,9-10H2,(H,17,19). The zero-order valence-electron chi connectivity index (χ0n) is 10.3. The van der Waals surface area contributed by atoms with E-state index < -0.39 is 0 Å². The van der Waals surface area contributed by atoms with Crippen LogP contribution in [0.15, 0.2) is 48.5 Å². The van der Waals surface area contributed by atoms with Crippen LogP contribution in [0, 0.1) is 0 Å². The third kappa shape index (κ3) is 3.73. The van der Waals surface area contributed by atoms with Gasteiger partial charge in [-0.2, -0.15) is 0 Å². The molecule has 0 aliphatic rings. The van der Waals surface area contributed by atoms with Crippen LogP contribution >= 0.6 is 11.6 Å². The Hall–Kier alpha value is -2.00. The minimum Gasteiger partial charge on any atom is -0.508 e. The number of amides is 1. The van der Waals surface area contributed by atoms with E-state index in [0.717, 1.165) is 11.1 Å². The number of benzene rings is 2. The monoisotopic (exact) mass is 275 g/mol. The van der Waals surface area contributed by atoms with Gasteiger partial charge in [-0.25, -0.2) is 0 Å². The first-order chi connectivity index (χ1) is 9.19. The number of phenols is 1. The summed E-state index contributed by atoms with van der Waals surface area (Å²) in [6.45, 7) is 0.461. The highest BCUT2D eigenvalue weighted by atomic mass is 35.5. The maximum Gasteiger partial charge on any atom is 0.251 e. The Morgan fingerprint density at radius 3 is 2.16 bits per heavy atom. The molecule has 0 atom stereocenters. The normalized spacial score (nSPS) is 10.2. The van der Waals surface area contributed by atoms with Gasteiger partial charge in [-0.3, -0.25) is 4.79 Å². The largest absolute Gasteiger partial charge is 0.508 e. The van der Waals surface area contributed by atoms with E-state index in [2.05, 4.69) is 5.32 Å². The highest BCUT2D eigenvalue weighted by molar-refractivity contribution is 6.17. The predicted octanol–water partition coefficient (Wildman–Crippen LogP) is 3.06. The van der Waals surface area contributed by atoms with Gasteiger partial charge in [-0.05, 0) is 35.4 Å². The average Bonchev–Trinajstić information content (AvgIpc) is 2.46. The topological polar surface area (TPSA) is 49.3 Å². The molecule has 98 valence electrons. The van der Waals surface area contributed by atoms with Crippen LogP contribution in [0.25, 0.3) is 0 Å². The number of halogens is 1. The van der Waals surface area contributed by atoms with Crippen molar-refractivity contribution in [1.29, 1.82) is 0 Å². The second-order valence-corrected chi connectivity index (χ2v) is 4.45. The van der Waals surface area contributed by atoms with Gasteiger partial charge < -0.3 is 10.4 Å². The van der Waals surface area contributed by atoms with Crippen molar-refractivity contribution in [1.82, 2.24) is 5.32 Å². The molecule has 0 saturated carbocycles. The Bertz CT molecular complexity index is 549. The van der Waals surface area contributed by atoms with Crippen LogP contribution in [0.5, 0.6) is 5.75 Å². The molecule has 1 amide bonds. The zero-order chi connectivity index (χ0) is 13.7. The molecule has 0 unspecified atom stereocenters. The molecule has 4 heteroatoms. The van der Waals surface area contributed by atoms with Gasteiger partial charge >= 0.3 is 0 Å². The molecule has 0 saturated heterocycles. The highest BCUT2D eigenvalue weighted by Crippen LogP contribution is 2.10. The van der Waals surface area contributed by atoms with Gasteiger partial charge in [0.25, 0.3) is 5.91 Å². The number of phenolic OH excluding ortho intramolecular Hbond substituents is 1. The zero-order valence-corrected chi connectivity index (χ0v) is 11.0. The van der Waals surface area contributed by atoms with Gasteiger partial charge in [0, 0.05) is 18.0 Å². The summed E-state index contributed by atoms with van der Waals surface area (Å²) >= 11 is 5.71. The van der Waals surface area contributed by atoms with Crippen molar-refractivity contribution in [2.24, 2.45) is 0 Å². The number of hydrogen-bond acceptors (Lipinski definition) is 2. The number of aromatic hydroxyl groups is 1. The van der Waals surface area contributed by atoms with Gasteiger partial charge in [0.15, 0.2) is 0 Å². The minimum atomic E-state index is -0.165. The van der Waals surface area contributed by atoms with E-state index in [1.165, 1.54) is 12.1 Å². The molecule has 2 aromatic rings. The van der Waals surface area contributed by atoms with Crippen LogP contribution in [0.1, 0.15) is 21.5 Å². The molecule has 0 aromatic heterocycles. The molecule has 2 N–H and O–H groups in total. The second kappa shape index (κ2) is 6.25. The van der Waals surface area contributed by atoms with Crippen LogP contribution in [0.2, 0.25) is 0 Å². The Balaban J connectivity index is 1.94. The molecule has 2 rings (SSSR count). The van der Waals surface area contributed by atoms with E-state index in [4.69, 9.17) is 16.7 Å². The molecule has 2 aromatic carbocycles. The van der Waals surface area contributed by atoms with E-state index >= 15 is 0 Å². The summed E-state index contributed by atoms with van der Waals surface area (Å²) in [5.74, 6) is 0.467. The lowest BCUT2D eigenvalue weighted by Gasteiger charge is -2.06. The number of nitrogens with one attached hydrogen (secondary N) is 1. The van der Waals surface area contributed by atoms with Gasteiger partial charge in [-0.1, -0.05) is 24.3 Å². The maximum absolute atomic E-state index is 11.8. The lowest BCUT2D eigenvalue weighted by atomic mass is 10.1. The van der Waals surface area contributed by atoms with Gasteiger partial charge in [0.2, 0.25) is 0 Å². The summed E-state index contributed by atoms with van der Waals surface area (Å²) in [5, 5.41) is 12.0. The van der Waals surface area contributed by atoms with Crippen LogP contribution < -0.4 is 5.32 Å². The van der Waals surface area contributed by atoms with Crippen molar-refractivity contribution in [2.75, 3.05) is 0 Å². The summed E-state index contributed by atoms with van der Waals surface area (Å²) in [7, 11) is 0. The van der Waals surface area contributed by atoms with Gasteiger partial charge in [0.1, 0.15) is 5.75 Å². The van der Waals surface area contributed by atoms with Crippen molar-refractivity contribution in [3.8, 4) is 5.75 Å². The van der Waals surface area contributed by atoms with Crippen LogP contribution in [-0.4, -0.2) is 11.0 Å². The smallest absolute Gasteiger partial charge is 0.251 e. The fourth-order valence-electron chi connectivity index (χ4n) is 1.64. The maximum atomic E-state index is 11.8. The quantitative estimate of drug-likeness (QED) is 0.843. The first kappa shape index (κ1) is 13.4. The van der Waals surface area contributed by atoms with E-state index in [1.807, 2.05) is 24.3 Å². The molecule has 0 radical (unpaired) electrons. The van der Waals surface area contributed by atoms with E-state index in [1.54, 1.807) is 12.1 Å². The molecular formula is C15H14ClNO2. The third-order valence-electron chi connectivity index (χ3n) is 2.76. The van der Waals surface area contributed by atoms with Crippen LogP contribution in [0.3, 0.4) is 0 Å². The Kier molecular flexibility index (Phi) is 4.42. The van der Waals surface area contributed by atoms with Crippen LogP contribution in [-0.2, 0) is 12.4 Å². The first-order valence-corrected chi connectivity index (χ1v) is 6.43. The van der Waals surface area contributed by atoms with Crippen molar-refractivity contribution in [2.45, 2.75) is 12.4 Å². The molecule has 0 aliphatic heterocycles. The number of alkyl halides is 1. The lowest BCUT2D eigenvalue weighted by Crippen LogP contribution is -2.22. The SMILES string of the molecule is O=C(NCc1ccc(CCl)cc1)c1ccc(O)cc1. The Morgan fingerprint density at radius 2 is 1.58 bits per heavy atom. The Labute approximate surface area is 116 Å². The summed E-state index contributed by atoms with van der Waals surface area (Å²) in [5.41, 5.74) is 2.59. The fraction of sp³-hybridized carbons (Fsp3) is 0.133. The minimum absolute atomic E-state index is 0.146. The summed E-state index contributed by atoms with van der Waals surface area (Å²) in [6.07, 6.45) is 0. The molecule has 0 aliphatic carbocycles. The molecule has 0 heterocycles. The van der Waals surface area contributed by atoms with Crippen molar-refractivity contribution in [3.05, 3.63) is 65.2 Å². The molecule has 0 spiro atoms. The molecule has 3 nitrogen and oxygen atoms in total. The number of rotatable bonds is 4. The van der Waals surface area contributed by atoms with Crippen molar-refractivity contribution >= 4 is 17.5 Å². The average molecular weight is 276 g/mol. The molecule has 0 fully saturated rings. The lowest BCUT2D eigenvalue weighted by molar-refractivity contribution is 0.0951. The van der Waals surface area contributed by atoms with E-state index in [-0.39, 0.29) is 11.7 Å². The molecule has 19 heavy (non-hydrogen) atoms. The summed E-state index contributed by atoms with van der Waals surface area (Å²) in [4.78, 5) is 11.8. The molecule has 0 bridgehead atoms. The van der Waals surface area contributed by atoms with E-state index in [9.17, 15) is 4.79 Å². The first-order valence-electron chi connectivity index (χ1n) is 5.90. The summed E-state index contributed by atoms with van der Waals surface area (Å²) in [6, 6.07) is 13.9. The number of carbonyl (C=O) groups excluding carboxylic acids is 1. The van der Waals surface area contributed by atoms with Crippen LogP contribution in [0.4, 0.5) is 0 Å². The van der Waals surface area contributed by atoms with Gasteiger partial charge in [0.05, 0.1) is 0 Å². The van der Waals surface area contributed by atoms with Gasteiger partial charge in [-0.15, -0.1) is 11.6 Å². The van der Waals surface area contributed by atoms with Crippen molar-refractivity contribution < 1.29 is 9.90 Å². The fourth-order valence-corrected chi connectivity index (χ4v) is 1.82. The Morgan fingerprint density at radius 1 is 1.00 bits per heavy atom. The number of hydrogen-bond donors (Lipinski definition) is 2. The van der Waals surface area contributed by atoms with E-state index in [0.29, 0.717) is 18.0 Å². The number of carbonyl (C=O) groups is 1. The highest BCUT2D eigenvalue weighted by Gasteiger charge is 2.04. The predicted molar refractivity (Wildman–Crippen MR) is 75.3 cm³/mol.